The number of nitrogens with one attached hydrogen (secondary N) is 2. The highest BCUT2D eigenvalue weighted by atomic mass is 32.2. The number of aromatic nitrogens is 2. The molecule has 1 atom stereocenters. The van der Waals surface area contributed by atoms with Gasteiger partial charge in [0.2, 0.25) is 11.0 Å². The van der Waals surface area contributed by atoms with Gasteiger partial charge in [0.25, 0.3) is 0 Å². The molecule has 0 radical (unpaired) electrons. The van der Waals surface area contributed by atoms with E-state index in [0.29, 0.717) is 0 Å². The molecule has 0 bridgehead atoms. The van der Waals surface area contributed by atoms with Crippen LogP contribution in [0.2, 0.25) is 0 Å². The monoisotopic (exact) mass is 407 g/mol. The number of rotatable bonds is 8. The first-order valence-corrected chi connectivity index (χ1v) is 10.8. The lowest BCUT2D eigenvalue weighted by Crippen LogP contribution is -2.36. The molecule has 1 saturated heterocycles. The Bertz CT molecular complexity index is 732. The molecule has 1 aromatic heterocycles. The highest BCUT2D eigenvalue weighted by Gasteiger charge is 2.18. The molecule has 2 N–H and O–H groups in total. The van der Waals surface area contributed by atoms with Crippen molar-refractivity contribution in [2.75, 3.05) is 48.4 Å². The van der Waals surface area contributed by atoms with Crippen molar-refractivity contribution in [1.29, 1.82) is 0 Å². The SMILES string of the molecule is CCCNc1nnc(S[C@H](C)C(=O)Nc2ccc(N3CCOCC3)cc2)s1. The van der Waals surface area contributed by atoms with E-state index >= 15 is 0 Å². The molecule has 9 heteroatoms. The lowest BCUT2D eigenvalue weighted by Gasteiger charge is -2.28. The number of benzene rings is 1. The van der Waals surface area contributed by atoms with Crippen LogP contribution in [-0.4, -0.2) is 54.2 Å². The predicted molar refractivity (Wildman–Crippen MR) is 112 cm³/mol. The number of nitrogens with zero attached hydrogens (tertiary/aromatic N) is 3. The van der Waals surface area contributed by atoms with Crippen molar-refractivity contribution in [2.24, 2.45) is 0 Å². The first-order chi connectivity index (χ1) is 13.2. The maximum atomic E-state index is 12.5. The molecule has 7 nitrogen and oxygen atoms in total. The lowest BCUT2D eigenvalue weighted by atomic mass is 10.2. The fraction of sp³-hybridized carbons (Fsp3) is 0.500. The number of carbonyl (C=O) groups excluding carboxylic acids is 1. The Morgan fingerprint density at radius 3 is 2.74 bits per heavy atom. The number of anilines is 3. The Balaban J connectivity index is 1.50. The molecule has 0 spiro atoms. The molecule has 0 saturated carbocycles. The molecular weight excluding hydrogens is 382 g/mol. The van der Waals surface area contributed by atoms with E-state index in [2.05, 4.69) is 32.7 Å². The van der Waals surface area contributed by atoms with Gasteiger partial charge < -0.3 is 20.3 Å². The van der Waals surface area contributed by atoms with Crippen LogP contribution in [0.15, 0.2) is 28.6 Å². The number of morpholine rings is 1. The van der Waals surface area contributed by atoms with E-state index in [1.54, 1.807) is 0 Å². The smallest absolute Gasteiger partial charge is 0.237 e. The second kappa shape index (κ2) is 9.91. The summed E-state index contributed by atoms with van der Waals surface area (Å²) >= 11 is 2.90. The number of hydrogen-bond donors (Lipinski definition) is 2. The van der Waals surface area contributed by atoms with Gasteiger partial charge in [-0.25, -0.2) is 0 Å². The third kappa shape index (κ3) is 5.82. The number of amides is 1. The fourth-order valence-electron chi connectivity index (χ4n) is 2.59. The average molecular weight is 408 g/mol. The van der Waals surface area contributed by atoms with Crippen LogP contribution in [0.1, 0.15) is 20.3 Å². The molecule has 1 amide bonds. The normalized spacial score (nSPS) is 15.4. The summed E-state index contributed by atoms with van der Waals surface area (Å²) in [6, 6.07) is 7.96. The van der Waals surface area contributed by atoms with Crippen molar-refractivity contribution < 1.29 is 9.53 Å². The summed E-state index contributed by atoms with van der Waals surface area (Å²) < 4.78 is 6.17. The van der Waals surface area contributed by atoms with Crippen molar-refractivity contribution in [1.82, 2.24) is 10.2 Å². The zero-order valence-corrected chi connectivity index (χ0v) is 17.2. The van der Waals surface area contributed by atoms with E-state index in [1.807, 2.05) is 31.2 Å². The number of carbonyl (C=O) groups is 1. The zero-order chi connectivity index (χ0) is 19.1. The quantitative estimate of drug-likeness (QED) is 0.650. The Hall–Kier alpha value is -1.84. The van der Waals surface area contributed by atoms with Gasteiger partial charge in [-0.05, 0) is 37.6 Å². The van der Waals surface area contributed by atoms with Gasteiger partial charge >= 0.3 is 0 Å². The summed E-state index contributed by atoms with van der Waals surface area (Å²) in [5.41, 5.74) is 1.95. The molecule has 146 valence electrons. The van der Waals surface area contributed by atoms with Gasteiger partial charge in [-0.3, -0.25) is 4.79 Å². The Morgan fingerprint density at radius 2 is 2.04 bits per heavy atom. The van der Waals surface area contributed by atoms with E-state index in [4.69, 9.17) is 4.74 Å². The molecule has 2 aromatic rings. The van der Waals surface area contributed by atoms with Gasteiger partial charge in [-0.2, -0.15) is 0 Å². The standard InChI is InChI=1S/C18H25N5O2S2/c1-3-8-19-17-21-22-18(27-17)26-13(2)16(24)20-14-4-6-15(7-5-14)23-9-11-25-12-10-23/h4-7,13H,3,8-12H2,1-2H3,(H,19,21)(H,20,24)/t13-/m1/s1. The molecule has 1 aliphatic rings. The summed E-state index contributed by atoms with van der Waals surface area (Å²) in [5, 5.41) is 15.0. The van der Waals surface area contributed by atoms with Gasteiger partial charge in [-0.15, -0.1) is 10.2 Å². The first-order valence-electron chi connectivity index (χ1n) is 9.13. The molecule has 27 heavy (non-hydrogen) atoms. The maximum Gasteiger partial charge on any atom is 0.237 e. The average Bonchev–Trinajstić information content (AvgIpc) is 3.15. The topological polar surface area (TPSA) is 79.4 Å². The molecule has 0 unspecified atom stereocenters. The molecule has 3 rings (SSSR count). The summed E-state index contributed by atoms with van der Waals surface area (Å²) in [5.74, 6) is -0.0441. The van der Waals surface area contributed by atoms with E-state index in [0.717, 1.165) is 60.1 Å². The molecule has 1 aliphatic heterocycles. The second-order valence-corrected chi connectivity index (χ2v) is 8.76. The zero-order valence-electron chi connectivity index (χ0n) is 15.6. The lowest BCUT2D eigenvalue weighted by molar-refractivity contribution is -0.115. The van der Waals surface area contributed by atoms with Gasteiger partial charge in [0, 0.05) is 31.0 Å². The molecule has 0 aliphatic carbocycles. The van der Waals surface area contributed by atoms with Crippen LogP contribution in [0.5, 0.6) is 0 Å². The highest BCUT2D eigenvalue weighted by Crippen LogP contribution is 2.29. The van der Waals surface area contributed by atoms with Gasteiger partial charge in [-0.1, -0.05) is 30.0 Å². The largest absolute Gasteiger partial charge is 0.378 e. The summed E-state index contributed by atoms with van der Waals surface area (Å²) in [4.78, 5) is 14.7. The summed E-state index contributed by atoms with van der Waals surface area (Å²) in [6.45, 7) is 8.16. The van der Waals surface area contributed by atoms with Crippen molar-refractivity contribution >= 4 is 45.5 Å². The van der Waals surface area contributed by atoms with Crippen molar-refractivity contribution in [3.63, 3.8) is 0 Å². The minimum absolute atomic E-state index is 0.0441. The van der Waals surface area contributed by atoms with Gasteiger partial charge in [0.1, 0.15) is 0 Å². The predicted octanol–water partition coefficient (Wildman–Crippen LogP) is 3.32. The first kappa shape index (κ1) is 19.9. The van der Waals surface area contributed by atoms with Crippen LogP contribution >= 0.6 is 23.1 Å². The van der Waals surface area contributed by atoms with Crippen LogP contribution < -0.4 is 15.5 Å². The highest BCUT2D eigenvalue weighted by molar-refractivity contribution is 8.02. The Kier molecular flexibility index (Phi) is 7.31. The molecule has 1 aromatic carbocycles. The van der Waals surface area contributed by atoms with Crippen LogP contribution in [0.25, 0.3) is 0 Å². The van der Waals surface area contributed by atoms with Crippen LogP contribution in [0.4, 0.5) is 16.5 Å². The Labute approximate surface area is 167 Å². The van der Waals surface area contributed by atoms with Crippen LogP contribution in [0, 0.1) is 0 Å². The molecule has 2 heterocycles. The van der Waals surface area contributed by atoms with Gasteiger partial charge in [0.15, 0.2) is 4.34 Å². The third-order valence-electron chi connectivity index (χ3n) is 4.09. The molecule has 1 fully saturated rings. The second-order valence-electron chi connectivity index (χ2n) is 6.20. The van der Waals surface area contributed by atoms with Crippen molar-refractivity contribution in [3.8, 4) is 0 Å². The van der Waals surface area contributed by atoms with E-state index in [-0.39, 0.29) is 11.2 Å². The van der Waals surface area contributed by atoms with Crippen LogP contribution in [-0.2, 0) is 9.53 Å². The maximum absolute atomic E-state index is 12.5. The van der Waals surface area contributed by atoms with Crippen molar-refractivity contribution in [2.45, 2.75) is 29.9 Å². The minimum Gasteiger partial charge on any atom is -0.378 e. The van der Waals surface area contributed by atoms with Crippen molar-refractivity contribution in [3.05, 3.63) is 24.3 Å². The van der Waals surface area contributed by atoms with E-state index in [9.17, 15) is 4.79 Å². The van der Waals surface area contributed by atoms with E-state index < -0.39 is 0 Å². The third-order valence-corrected chi connectivity index (χ3v) is 6.16. The summed E-state index contributed by atoms with van der Waals surface area (Å²) in [6.07, 6.45) is 1.03. The van der Waals surface area contributed by atoms with E-state index in [1.165, 1.54) is 23.1 Å². The number of thioether (sulfide) groups is 1. The number of hydrogen-bond acceptors (Lipinski definition) is 8. The Morgan fingerprint density at radius 1 is 1.30 bits per heavy atom. The molecular formula is C18H25N5O2S2. The fourth-order valence-corrected chi connectivity index (χ4v) is 4.51. The minimum atomic E-state index is -0.254. The summed E-state index contributed by atoms with van der Waals surface area (Å²) in [7, 11) is 0. The van der Waals surface area contributed by atoms with Gasteiger partial charge in [0.05, 0.1) is 18.5 Å². The van der Waals surface area contributed by atoms with Crippen LogP contribution in [0.3, 0.4) is 0 Å². The number of ether oxygens (including phenoxy) is 1.